The van der Waals surface area contributed by atoms with Crippen LogP contribution in [0.1, 0.15) is 25.8 Å². The topological polar surface area (TPSA) is 41.5 Å². The van der Waals surface area contributed by atoms with E-state index in [4.69, 9.17) is 4.74 Å². The van der Waals surface area contributed by atoms with Crippen molar-refractivity contribution < 1.29 is 9.84 Å². The van der Waals surface area contributed by atoms with Crippen LogP contribution in [0.4, 0.5) is 0 Å². The van der Waals surface area contributed by atoms with Crippen LogP contribution in [-0.4, -0.2) is 30.4 Å². The SMILES string of the molecule is CCC(C)NCC(O)COc1ccccc1C.Cl. The Morgan fingerprint density at radius 3 is 2.61 bits per heavy atom. The van der Waals surface area contributed by atoms with Crippen LogP contribution in [0.3, 0.4) is 0 Å². The second kappa shape index (κ2) is 9.20. The number of hydrogen-bond donors (Lipinski definition) is 2. The van der Waals surface area contributed by atoms with E-state index in [2.05, 4.69) is 19.2 Å². The van der Waals surface area contributed by atoms with E-state index in [0.29, 0.717) is 19.2 Å². The first-order valence-corrected chi connectivity index (χ1v) is 6.23. The Labute approximate surface area is 116 Å². The third-order valence-electron chi connectivity index (χ3n) is 2.84. The van der Waals surface area contributed by atoms with Crippen molar-refractivity contribution in [3.05, 3.63) is 29.8 Å². The van der Waals surface area contributed by atoms with E-state index in [1.54, 1.807) is 0 Å². The first-order chi connectivity index (χ1) is 8.13. The Kier molecular flexibility index (Phi) is 8.81. The number of halogens is 1. The quantitative estimate of drug-likeness (QED) is 0.802. The molecule has 0 aliphatic rings. The number of benzene rings is 1. The zero-order valence-electron chi connectivity index (χ0n) is 11.3. The number of hydrogen-bond acceptors (Lipinski definition) is 3. The van der Waals surface area contributed by atoms with E-state index in [9.17, 15) is 5.11 Å². The molecule has 0 aliphatic heterocycles. The summed E-state index contributed by atoms with van der Waals surface area (Å²) in [6.45, 7) is 7.12. The number of aryl methyl sites for hydroxylation is 1. The molecule has 0 saturated carbocycles. The minimum Gasteiger partial charge on any atom is -0.491 e. The maximum absolute atomic E-state index is 9.76. The second-order valence-electron chi connectivity index (χ2n) is 4.45. The highest BCUT2D eigenvalue weighted by atomic mass is 35.5. The van der Waals surface area contributed by atoms with Gasteiger partial charge in [-0.25, -0.2) is 0 Å². The first-order valence-electron chi connectivity index (χ1n) is 6.23. The molecule has 0 aliphatic carbocycles. The Hall–Kier alpha value is -0.770. The van der Waals surface area contributed by atoms with Gasteiger partial charge in [-0.15, -0.1) is 12.4 Å². The van der Waals surface area contributed by atoms with E-state index in [1.165, 1.54) is 0 Å². The number of rotatable bonds is 7. The van der Waals surface area contributed by atoms with Gasteiger partial charge in [-0.2, -0.15) is 0 Å². The average molecular weight is 274 g/mol. The number of aliphatic hydroxyl groups excluding tert-OH is 1. The molecular formula is C14H24ClNO2. The number of nitrogens with one attached hydrogen (secondary N) is 1. The average Bonchev–Trinajstić information content (AvgIpc) is 2.35. The highest BCUT2D eigenvalue weighted by Crippen LogP contribution is 2.16. The van der Waals surface area contributed by atoms with E-state index in [1.807, 2.05) is 31.2 Å². The second-order valence-corrected chi connectivity index (χ2v) is 4.45. The van der Waals surface area contributed by atoms with Crippen LogP contribution in [0, 0.1) is 6.92 Å². The summed E-state index contributed by atoms with van der Waals surface area (Å²) in [5, 5.41) is 13.0. The Morgan fingerprint density at radius 2 is 2.00 bits per heavy atom. The number of para-hydroxylation sites is 1. The van der Waals surface area contributed by atoms with Crippen LogP contribution in [0.5, 0.6) is 5.75 Å². The molecule has 1 aromatic rings. The summed E-state index contributed by atoms with van der Waals surface area (Å²) in [6.07, 6.45) is 0.592. The summed E-state index contributed by atoms with van der Waals surface area (Å²) in [7, 11) is 0. The summed E-state index contributed by atoms with van der Waals surface area (Å²) >= 11 is 0. The molecule has 4 heteroatoms. The van der Waals surface area contributed by atoms with Gasteiger partial charge in [0.05, 0.1) is 0 Å². The highest BCUT2D eigenvalue weighted by Gasteiger charge is 2.07. The molecule has 1 rings (SSSR count). The predicted molar refractivity (Wildman–Crippen MR) is 77.7 cm³/mol. The van der Waals surface area contributed by atoms with Gasteiger partial charge in [0.2, 0.25) is 0 Å². The lowest BCUT2D eigenvalue weighted by molar-refractivity contribution is 0.103. The molecule has 0 spiro atoms. The maximum atomic E-state index is 9.76. The van der Waals surface area contributed by atoms with Gasteiger partial charge in [0.25, 0.3) is 0 Å². The van der Waals surface area contributed by atoms with Crippen LogP contribution < -0.4 is 10.1 Å². The molecule has 0 radical (unpaired) electrons. The van der Waals surface area contributed by atoms with Crippen molar-refractivity contribution in [3.8, 4) is 5.75 Å². The number of aliphatic hydroxyl groups is 1. The summed E-state index contributed by atoms with van der Waals surface area (Å²) in [5.74, 6) is 0.843. The predicted octanol–water partition coefficient (Wildman–Crippen LogP) is 2.54. The fourth-order valence-electron chi connectivity index (χ4n) is 1.44. The molecule has 1 aromatic carbocycles. The molecular weight excluding hydrogens is 250 g/mol. The van der Waals surface area contributed by atoms with Crippen LogP contribution in [0.15, 0.2) is 24.3 Å². The molecule has 0 amide bonds. The molecule has 0 fully saturated rings. The molecule has 0 aromatic heterocycles. The molecule has 3 nitrogen and oxygen atoms in total. The molecule has 18 heavy (non-hydrogen) atoms. The number of ether oxygens (including phenoxy) is 1. The van der Waals surface area contributed by atoms with Crippen molar-refractivity contribution in [3.63, 3.8) is 0 Å². The first kappa shape index (κ1) is 17.2. The third-order valence-corrected chi connectivity index (χ3v) is 2.84. The van der Waals surface area contributed by atoms with Crippen molar-refractivity contribution in [2.75, 3.05) is 13.2 Å². The van der Waals surface area contributed by atoms with Gasteiger partial charge in [0, 0.05) is 12.6 Å². The summed E-state index contributed by atoms with van der Waals surface area (Å²) in [6, 6.07) is 8.27. The van der Waals surface area contributed by atoms with Crippen molar-refractivity contribution in [1.29, 1.82) is 0 Å². The largest absolute Gasteiger partial charge is 0.491 e. The van der Waals surface area contributed by atoms with E-state index in [-0.39, 0.29) is 12.4 Å². The van der Waals surface area contributed by atoms with Gasteiger partial charge in [0.15, 0.2) is 0 Å². The van der Waals surface area contributed by atoms with Gasteiger partial charge < -0.3 is 15.2 Å². The molecule has 2 atom stereocenters. The summed E-state index contributed by atoms with van der Waals surface area (Å²) in [5.41, 5.74) is 1.09. The van der Waals surface area contributed by atoms with Crippen molar-refractivity contribution >= 4 is 12.4 Å². The van der Waals surface area contributed by atoms with E-state index in [0.717, 1.165) is 17.7 Å². The lowest BCUT2D eigenvalue weighted by Gasteiger charge is -2.17. The van der Waals surface area contributed by atoms with Crippen LogP contribution in [0.2, 0.25) is 0 Å². The lowest BCUT2D eigenvalue weighted by atomic mass is 10.2. The zero-order chi connectivity index (χ0) is 12.7. The van der Waals surface area contributed by atoms with Crippen LogP contribution in [-0.2, 0) is 0 Å². The highest BCUT2D eigenvalue weighted by molar-refractivity contribution is 5.85. The summed E-state index contributed by atoms with van der Waals surface area (Å²) < 4.78 is 5.57. The smallest absolute Gasteiger partial charge is 0.122 e. The van der Waals surface area contributed by atoms with Crippen molar-refractivity contribution in [1.82, 2.24) is 5.32 Å². The van der Waals surface area contributed by atoms with Crippen LogP contribution in [0.25, 0.3) is 0 Å². The minimum atomic E-state index is -0.469. The normalized spacial score (nSPS) is 13.6. The molecule has 0 saturated heterocycles. The zero-order valence-corrected chi connectivity index (χ0v) is 12.2. The minimum absolute atomic E-state index is 0. The standard InChI is InChI=1S/C14H23NO2.ClH/c1-4-12(3)15-9-13(16)10-17-14-8-6-5-7-11(14)2;/h5-8,12-13,15-16H,4,9-10H2,1-3H3;1H. The Balaban J connectivity index is 0.00000289. The Morgan fingerprint density at radius 1 is 1.33 bits per heavy atom. The van der Waals surface area contributed by atoms with Gasteiger partial charge in [-0.05, 0) is 31.9 Å². The molecule has 104 valence electrons. The fraction of sp³-hybridized carbons (Fsp3) is 0.571. The van der Waals surface area contributed by atoms with Gasteiger partial charge >= 0.3 is 0 Å². The summed E-state index contributed by atoms with van der Waals surface area (Å²) in [4.78, 5) is 0. The maximum Gasteiger partial charge on any atom is 0.122 e. The van der Waals surface area contributed by atoms with E-state index >= 15 is 0 Å². The molecule has 0 heterocycles. The van der Waals surface area contributed by atoms with Gasteiger partial charge in [-0.1, -0.05) is 25.1 Å². The van der Waals surface area contributed by atoms with Crippen molar-refractivity contribution in [2.45, 2.75) is 39.3 Å². The van der Waals surface area contributed by atoms with Gasteiger partial charge in [0.1, 0.15) is 18.5 Å². The lowest BCUT2D eigenvalue weighted by Crippen LogP contribution is -2.36. The molecule has 2 unspecified atom stereocenters. The van der Waals surface area contributed by atoms with Crippen molar-refractivity contribution in [2.24, 2.45) is 0 Å². The van der Waals surface area contributed by atoms with Gasteiger partial charge in [-0.3, -0.25) is 0 Å². The monoisotopic (exact) mass is 273 g/mol. The molecule has 0 bridgehead atoms. The Bertz CT molecular complexity index is 333. The molecule has 2 N–H and O–H groups in total. The fourth-order valence-corrected chi connectivity index (χ4v) is 1.44. The van der Waals surface area contributed by atoms with Crippen LogP contribution >= 0.6 is 12.4 Å². The third kappa shape index (κ3) is 6.24. The van der Waals surface area contributed by atoms with E-state index < -0.39 is 6.10 Å².